The normalized spacial score (nSPS) is 11.1. The van der Waals surface area contributed by atoms with Crippen molar-refractivity contribution in [1.29, 1.82) is 0 Å². The first-order chi connectivity index (χ1) is 8.65. The maximum absolute atomic E-state index is 11.8. The van der Waals surface area contributed by atoms with Gasteiger partial charge < -0.3 is 9.16 Å². The molecule has 0 heterocycles. The van der Waals surface area contributed by atoms with Crippen LogP contribution in [0.3, 0.4) is 0 Å². The topological polar surface area (TPSA) is 35.5 Å². The fourth-order valence-corrected chi connectivity index (χ4v) is 4.37. The Balaban J connectivity index is 2.46. The highest BCUT2D eigenvalue weighted by Gasteiger charge is 2.32. The molecule has 1 aromatic carbocycles. The number of hydrogen-bond donors (Lipinski definition) is 0. The molecule has 0 bridgehead atoms. The quantitative estimate of drug-likeness (QED) is 0.707. The van der Waals surface area contributed by atoms with Crippen molar-refractivity contribution < 1.29 is 14.0 Å². The van der Waals surface area contributed by atoms with Gasteiger partial charge in [-0.3, -0.25) is 0 Å². The summed E-state index contributed by atoms with van der Waals surface area (Å²) >= 11 is 0. The minimum atomic E-state index is -1.85. The molecular formula is C14H22O3Si. The molecule has 0 radical (unpaired) electrons. The van der Waals surface area contributed by atoms with Gasteiger partial charge in [0.05, 0.1) is 0 Å². The maximum atomic E-state index is 11.8. The monoisotopic (exact) mass is 266 g/mol. The first-order valence-electron chi connectivity index (χ1n) is 6.55. The summed E-state index contributed by atoms with van der Waals surface area (Å²) in [6, 6.07) is 12.2. The number of rotatable bonds is 7. The van der Waals surface area contributed by atoms with Crippen LogP contribution < -0.4 is 4.74 Å². The van der Waals surface area contributed by atoms with Crippen LogP contribution in [0.15, 0.2) is 30.3 Å². The Morgan fingerprint density at radius 1 is 1.06 bits per heavy atom. The highest BCUT2D eigenvalue weighted by atomic mass is 28.4. The number of ether oxygens (including phenoxy) is 1. The second-order valence-corrected chi connectivity index (χ2v) is 9.01. The minimum Gasteiger partial charge on any atom is -0.517 e. The lowest BCUT2D eigenvalue weighted by Gasteiger charge is -2.27. The van der Waals surface area contributed by atoms with E-state index in [9.17, 15) is 4.79 Å². The van der Waals surface area contributed by atoms with E-state index in [0.29, 0.717) is 5.75 Å². The predicted octanol–water partition coefficient (Wildman–Crippen LogP) is 3.61. The molecule has 0 N–H and O–H groups in total. The maximum Gasteiger partial charge on any atom is 0.330 e. The summed E-state index contributed by atoms with van der Waals surface area (Å²) in [5.41, 5.74) is 0. The van der Waals surface area contributed by atoms with Crippen molar-refractivity contribution in [2.24, 2.45) is 0 Å². The van der Waals surface area contributed by atoms with E-state index in [1.165, 1.54) is 0 Å². The molecule has 0 aromatic heterocycles. The van der Waals surface area contributed by atoms with Crippen molar-refractivity contribution in [2.45, 2.75) is 38.9 Å². The lowest BCUT2D eigenvalue weighted by Crippen LogP contribution is -2.39. The average molecular weight is 266 g/mol. The second kappa shape index (κ2) is 7.21. The fourth-order valence-electron chi connectivity index (χ4n) is 1.90. The molecule has 0 saturated carbocycles. The predicted molar refractivity (Wildman–Crippen MR) is 75.2 cm³/mol. The molecule has 1 rings (SSSR count). The summed E-state index contributed by atoms with van der Waals surface area (Å²) in [5.74, 6) is 0.460. The van der Waals surface area contributed by atoms with E-state index in [1.807, 2.05) is 30.3 Å². The van der Waals surface area contributed by atoms with Crippen LogP contribution in [0.2, 0.25) is 18.1 Å². The summed E-state index contributed by atoms with van der Waals surface area (Å²) in [6.45, 7) is 6.30. The van der Waals surface area contributed by atoms with Crippen LogP contribution in [0.1, 0.15) is 20.8 Å². The van der Waals surface area contributed by atoms with E-state index in [4.69, 9.17) is 9.16 Å². The van der Waals surface area contributed by atoms with E-state index in [0.717, 1.165) is 18.1 Å². The molecular weight excluding hydrogens is 244 g/mol. The molecule has 0 saturated heterocycles. The van der Waals surface area contributed by atoms with Crippen LogP contribution in [-0.4, -0.2) is 20.9 Å². The third kappa shape index (κ3) is 4.18. The van der Waals surface area contributed by atoms with Crippen molar-refractivity contribution in [2.75, 3.05) is 6.61 Å². The zero-order valence-corrected chi connectivity index (χ0v) is 12.4. The van der Waals surface area contributed by atoms with Crippen LogP contribution in [0, 0.1) is 0 Å². The summed E-state index contributed by atoms with van der Waals surface area (Å²) < 4.78 is 11.1. The Hall–Kier alpha value is -1.29. The van der Waals surface area contributed by atoms with Gasteiger partial charge in [0, 0.05) is 0 Å². The lowest BCUT2D eigenvalue weighted by atomic mass is 10.3. The van der Waals surface area contributed by atoms with Gasteiger partial charge in [-0.15, -0.1) is 0 Å². The van der Waals surface area contributed by atoms with Gasteiger partial charge in [-0.2, -0.15) is 0 Å². The second-order valence-electron chi connectivity index (χ2n) is 4.32. The SMILES string of the molecule is CC[Si](CC)(CC)OC(=O)COc1ccccc1. The number of para-hydroxylation sites is 1. The van der Waals surface area contributed by atoms with Gasteiger partial charge in [0.15, 0.2) is 6.61 Å². The Bertz CT molecular complexity index is 352. The molecule has 0 aliphatic heterocycles. The molecule has 1 aromatic rings. The van der Waals surface area contributed by atoms with E-state index in [2.05, 4.69) is 20.8 Å². The van der Waals surface area contributed by atoms with Crippen molar-refractivity contribution >= 4 is 14.3 Å². The van der Waals surface area contributed by atoms with Crippen molar-refractivity contribution in [3.8, 4) is 5.75 Å². The Morgan fingerprint density at radius 2 is 1.61 bits per heavy atom. The summed E-state index contributed by atoms with van der Waals surface area (Å²) in [4.78, 5) is 11.8. The third-order valence-electron chi connectivity index (χ3n) is 3.36. The summed E-state index contributed by atoms with van der Waals surface area (Å²) in [7, 11) is -1.85. The van der Waals surface area contributed by atoms with Crippen molar-refractivity contribution in [3.63, 3.8) is 0 Å². The van der Waals surface area contributed by atoms with E-state index < -0.39 is 8.32 Å². The molecule has 100 valence electrons. The van der Waals surface area contributed by atoms with Crippen LogP contribution in [0.4, 0.5) is 0 Å². The van der Waals surface area contributed by atoms with Gasteiger partial charge in [-0.25, -0.2) is 4.79 Å². The molecule has 18 heavy (non-hydrogen) atoms. The molecule has 3 nitrogen and oxygen atoms in total. The number of hydrogen-bond acceptors (Lipinski definition) is 3. The third-order valence-corrected chi connectivity index (χ3v) is 7.89. The molecule has 0 fully saturated rings. The van der Waals surface area contributed by atoms with Gasteiger partial charge in [-0.1, -0.05) is 39.0 Å². The van der Waals surface area contributed by atoms with E-state index in [1.54, 1.807) is 0 Å². The van der Waals surface area contributed by atoms with Crippen LogP contribution in [0.25, 0.3) is 0 Å². The first kappa shape index (κ1) is 14.8. The van der Waals surface area contributed by atoms with Crippen molar-refractivity contribution in [3.05, 3.63) is 30.3 Å². The minimum absolute atomic E-state index is 0.00123. The summed E-state index contributed by atoms with van der Waals surface area (Å²) in [6.07, 6.45) is 0. The Morgan fingerprint density at radius 3 is 2.11 bits per heavy atom. The average Bonchev–Trinajstić information content (AvgIpc) is 2.44. The van der Waals surface area contributed by atoms with Gasteiger partial charge in [0.2, 0.25) is 0 Å². The van der Waals surface area contributed by atoms with E-state index >= 15 is 0 Å². The molecule has 0 spiro atoms. The van der Waals surface area contributed by atoms with Crippen molar-refractivity contribution in [1.82, 2.24) is 0 Å². The largest absolute Gasteiger partial charge is 0.517 e. The van der Waals surface area contributed by atoms with E-state index in [-0.39, 0.29) is 12.6 Å². The van der Waals surface area contributed by atoms with Gasteiger partial charge >= 0.3 is 5.97 Å². The van der Waals surface area contributed by atoms with Crippen LogP contribution in [-0.2, 0) is 9.22 Å². The Kier molecular flexibility index (Phi) is 5.91. The van der Waals surface area contributed by atoms with Gasteiger partial charge in [0.25, 0.3) is 8.32 Å². The molecule has 0 amide bonds. The van der Waals surface area contributed by atoms with Gasteiger partial charge in [0.1, 0.15) is 5.75 Å². The molecule has 0 unspecified atom stereocenters. The number of benzene rings is 1. The smallest absolute Gasteiger partial charge is 0.330 e. The zero-order valence-electron chi connectivity index (χ0n) is 11.4. The van der Waals surface area contributed by atoms with Gasteiger partial charge in [-0.05, 0) is 30.3 Å². The zero-order chi connectivity index (χ0) is 13.4. The highest BCUT2D eigenvalue weighted by molar-refractivity contribution is 6.74. The van der Waals surface area contributed by atoms with Crippen LogP contribution in [0.5, 0.6) is 5.75 Å². The molecule has 4 heteroatoms. The highest BCUT2D eigenvalue weighted by Crippen LogP contribution is 2.21. The molecule has 0 aliphatic carbocycles. The standard InChI is InChI=1S/C14H22O3Si/c1-4-18(5-2,6-3)17-14(15)12-16-13-10-8-7-9-11-13/h7-11H,4-6,12H2,1-3H3. The first-order valence-corrected chi connectivity index (χ1v) is 9.08. The fraction of sp³-hybridized carbons (Fsp3) is 0.500. The summed E-state index contributed by atoms with van der Waals surface area (Å²) in [5, 5.41) is 0. The Labute approximate surface area is 110 Å². The number of carbonyl (C=O) groups is 1. The molecule has 0 atom stereocenters. The number of carbonyl (C=O) groups excluding carboxylic acids is 1. The van der Waals surface area contributed by atoms with Crippen LogP contribution >= 0.6 is 0 Å². The lowest BCUT2D eigenvalue weighted by molar-refractivity contribution is -0.137. The molecule has 0 aliphatic rings.